The first kappa shape index (κ1) is 13.4. The number of aromatic nitrogens is 1. The fourth-order valence-electron chi connectivity index (χ4n) is 1.67. The van der Waals surface area contributed by atoms with E-state index in [1.807, 2.05) is 12.3 Å². The summed E-state index contributed by atoms with van der Waals surface area (Å²) < 4.78 is 0. The number of carbonyl (C=O) groups excluding carboxylic acids is 1. The Bertz CT molecular complexity index is 319. The Morgan fingerprint density at radius 1 is 1.31 bits per heavy atom. The van der Waals surface area contributed by atoms with Crippen molar-refractivity contribution < 1.29 is 4.79 Å². The maximum atomic E-state index is 11.6. The standard InChI is InChI=1S/C13H21NOS/c1-3-4-5-6-7-8-12(15)9-13-14-11(2)10-16-13/h10H,3-9H2,1-2H3. The van der Waals surface area contributed by atoms with Crippen LogP contribution in [0.4, 0.5) is 0 Å². The van der Waals surface area contributed by atoms with E-state index in [0.29, 0.717) is 12.2 Å². The topological polar surface area (TPSA) is 30.0 Å². The molecular weight excluding hydrogens is 218 g/mol. The van der Waals surface area contributed by atoms with Crippen LogP contribution in [0, 0.1) is 6.92 Å². The molecule has 0 aliphatic carbocycles. The van der Waals surface area contributed by atoms with Gasteiger partial charge >= 0.3 is 0 Å². The number of unbranched alkanes of at least 4 members (excludes halogenated alkanes) is 4. The van der Waals surface area contributed by atoms with E-state index in [4.69, 9.17) is 0 Å². The molecule has 0 radical (unpaired) electrons. The van der Waals surface area contributed by atoms with Crippen LogP contribution in [0.25, 0.3) is 0 Å². The molecule has 0 aliphatic rings. The third-order valence-corrected chi connectivity index (χ3v) is 3.54. The van der Waals surface area contributed by atoms with Gasteiger partial charge in [0.25, 0.3) is 0 Å². The summed E-state index contributed by atoms with van der Waals surface area (Å²) in [4.78, 5) is 15.9. The second kappa shape index (κ2) is 7.55. The Morgan fingerprint density at radius 2 is 2.06 bits per heavy atom. The molecule has 0 bridgehead atoms. The smallest absolute Gasteiger partial charge is 0.139 e. The first-order valence-corrected chi connectivity index (χ1v) is 7.03. The van der Waals surface area contributed by atoms with Crippen molar-refractivity contribution in [3.05, 3.63) is 16.1 Å². The molecule has 0 atom stereocenters. The van der Waals surface area contributed by atoms with Crippen LogP contribution in [-0.4, -0.2) is 10.8 Å². The zero-order valence-electron chi connectivity index (χ0n) is 10.3. The molecular formula is C13H21NOS. The summed E-state index contributed by atoms with van der Waals surface area (Å²) >= 11 is 1.59. The van der Waals surface area contributed by atoms with Crippen molar-refractivity contribution >= 4 is 17.1 Å². The number of carbonyl (C=O) groups is 1. The van der Waals surface area contributed by atoms with Crippen LogP contribution in [0.2, 0.25) is 0 Å². The second-order valence-corrected chi connectivity index (χ2v) is 5.20. The van der Waals surface area contributed by atoms with Crippen molar-refractivity contribution in [1.82, 2.24) is 4.98 Å². The zero-order chi connectivity index (χ0) is 11.8. The molecule has 3 heteroatoms. The molecule has 0 fully saturated rings. The monoisotopic (exact) mass is 239 g/mol. The van der Waals surface area contributed by atoms with Crippen molar-refractivity contribution in [3.8, 4) is 0 Å². The predicted molar refractivity (Wildman–Crippen MR) is 68.9 cm³/mol. The lowest BCUT2D eigenvalue weighted by Gasteiger charge is -1.99. The number of nitrogens with zero attached hydrogens (tertiary/aromatic N) is 1. The molecule has 16 heavy (non-hydrogen) atoms. The van der Waals surface area contributed by atoms with Gasteiger partial charge in [-0.3, -0.25) is 4.79 Å². The van der Waals surface area contributed by atoms with E-state index in [9.17, 15) is 4.79 Å². The van der Waals surface area contributed by atoms with Crippen LogP contribution in [0.3, 0.4) is 0 Å². The number of rotatable bonds is 8. The number of hydrogen-bond acceptors (Lipinski definition) is 3. The lowest BCUT2D eigenvalue weighted by Crippen LogP contribution is -2.02. The van der Waals surface area contributed by atoms with Gasteiger partial charge in [-0.25, -0.2) is 4.98 Å². The molecule has 1 aromatic heterocycles. The third kappa shape index (κ3) is 5.40. The highest BCUT2D eigenvalue weighted by molar-refractivity contribution is 7.09. The van der Waals surface area contributed by atoms with Crippen LogP contribution in [0.1, 0.15) is 56.2 Å². The molecule has 0 saturated heterocycles. The number of ketones is 1. The fraction of sp³-hybridized carbons (Fsp3) is 0.692. The van der Waals surface area contributed by atoms with E-state index in [1.54, 1.807) is 11.3 Å². The maximum absolute atomic E-state index is 11.6. The maximum Gasteiger partial charge on any atom is 0.139 e. The van der Waals surface area contributed by atoms with E-state index in [1.165, 1.54) is 25.7 Å². The van der Waals surface area contributed by atoms with Crippen molar-refractivity contribution in [2.75, 3.05) is 0 Å². The van der Waals surface area contributed by atoms with Crippen molar-refractivity contribution in [1.29, 1.82) is 0 Å². The number of Topliss-reactive ketones (excluding diaryl/α,β-unsaturated/α-hetero) is 1. The van der Waals surface area contributed by atoms with E-state index >= 15 is 0 Å². The lowest BCUT2D eigenvalue weighted by atomic mass is 10.1. The highest BCUT2D eigenvalue weighted by Crippen LogP contribution is 2.12. The van der Waals surface area contributed by atoms with Crippen LogP contribution in [-0.2, 0) is 11.2 Å². The van der Waals surface area contributed by atoms with E-state index in [-0.39, 0.29) is 0 Å². The Balaban J connectivity index is 2.11. The molecule has 2 nitrogen and oxygen atoms in total. The van der Waals surface area contributed by atoms with Crippen LogP contribution in [0.5, 0.6) is 0 Å². The van der Waals surface area contributed by atoms with Gasteiger partial charge in [-0.05, 0) is 13.3 Å². The van der Waals surface area contributed by atoms with E-state index < -0.39 is 0 Å². The van der Waals surface area contributed by atoms with Gasteiger partial charge in [-0.2, -0.15) is 0 Å². The van der Waals surface area contributed by atoms with Crippen molar-refractivity contribution in [2.24, 2.45) is 0 Å². The molecule has 0 aromatic carbocycles. The predicted octanol–water partition coefficient (Wildman–Crippen LogP) is 3.92. The molecule has 1 rings (SSSR count). The molecule has 0 N–H and O–H groups in total. The van der Waals surface area contributed by atoms with E-state index in [2.05, 4.69) is 11.9 Å². The minimum Gasteiger partial charge on any atom is -0.299 e. The Labute approximate surface area is 102 Å². The molecule has 0 saturated carbocycles. The van der Waals surface area contributed by atoms with Gasteiger partial charge in [0.15, 0.2) is 0 Å². The van der Waals surface area contributed by atoms with Crippen LogP contribution in [0.15, 0.2) is 5.38 Å². The van der Waals surface area contributed by atoms with Gasteiger partial charge in [0, 0.05) is 17.5 Å². The summed E-state index contributed by atoms with van der Waals surface area (Å²) in [5.41, 5.74) is 1.02. The SMILES string of the molecule is CCCCCCCC(=O)Cc1nc(C)cs1. The first-order valence-electron chi connectivity index (χ1n) is 6.15. The Hall–Kier alpha value is -0.700. The Kier molecular flexibility index (Phi) is 6.31. The van der Waals surface area contributed by atoms with Crippen molar-refractivity contribution in [3.63, 3.8) is 0 Å². The third-order valence-electron chi connectivity index (χ3n) is 2.57. The molecule has 0 spiro atoms. The number of hydrogen-bond donors (Lipinski definition) is 0. The highest BCUT2D eigenvalue weighted by Gasteiger charge is 2.06. The normalized spacial score (nSPS) is 10.6. The number of thiazole rings is 1. The highest BCUT2D eigenvalue weighted by atomic mass is 32.1. The average Bonchev–Trinajstić information content (AvgIpc) is 2.63. The summed E-state index contributed by atoms with van der Waals surface area (Å²) in [5, 5.41) is 2.97. The van der Waals surface area contributed by atoms with Gasteiger partial charge in [-0.1, -0.05) is 32.6 Å². The summed E-state index contributed by atoms with van der Waals surface area (Å²) in [7, 11) is 0. The summed E-state index contributed by atoms with van der Waals surface area (Å²) in [5.74, 6) is 0.339. The summed E-state index contributed by atoms with van der Waals surface area (Å²) in [6, 6.07) is 0. The minimum absolute atomic E-state index is 0.339. The molecule has 1 aromatic rings. The van der Waals surface area contributed by atoms with Gasteiger partial charge in [-0.15, -0.1) is 11.3 Å². The second-order valence-electron chi connectivity index (χ2n) is 4.26. The molecule has 90 valence electrons. The molecule has 0 aliphatic heterocycles. The fourth-order valence-corrected chi connectivity index (χ4v) is 2.47. The first-order chi connectivity index (χ1) is 7.72. The average molecular weight is 239 g/mol. The molecule has 1 heterocycles. The summed E-state index contributed by atoms with van der Waals surface area (Å²) in [6.07, 6.45) is 7.31. The number of aryl methyl sites for hydroxylation is 1. The van der Waals surface area contributed by atoms with Crippen molar-refractivity contribution in [2.45, 2.75) is 58.8 Å². The van der Waals surface area contributed by atoms with Gasteiger partial charge < -0.3 is 0 Å². The van der Waals surface area contributed by atoms with Gasteiger partial charge in [0.1, 0.15) is 10.8 Å². The molecule has 0 amide bonds. The summed E-state index contributed by atoms with van der Waals surface area (Å²) in [6.45, 7) is 4.17. The minimum atomic E-state index is 0.339. The van der Waals surface area contributed by atoms with Gasteiger partial charge in [0.05, 0.1) is 6.42 Å². The zero-order valence-corrected chi connectivity index (χ0v) is 11.1. The Morgan fingerprint density at radius 3 is 2.69 bits per heavy atom. The lowest BCUT2D eigenvalue weighted by molar-refractivity contribution is -0.118. The van der Waals surface area contributed by atoms with Crippen LogP contribution >= 0.6 is 11.3 Å². The van der Waals surface area contributed by atoms with Crippen LogP contribution < -0.4 is 0 Å². The quantitative estimate of drug-likeness (QED) is 0.643. The molecule has 0 unspecified atom stereocenters. The van der Waals surface area contributed by atoms with E-state index in [0.717, 1.165) is 23.5 Å². The largest absolute Gasteiger partial charge is 0.299 e. The van der Waals surface area contributed by atoms with Gasteiger partial charge in [0.2, 0.25) is 0 Å².